The number of hydrogen-bond acceptors (Lipinski definition) is 3. The summed E-state index contributed by atoms with van der Waals surface area (Å²) >= 11 is 6.52. The second-order valence-corrected chi connectivity index (χ2v) is 11.4. The van der Waals surface area contributed by atoms with E-state index in [4.69, 9.17) is 11.6 Å². The van der Waals surface area contributed by atoms with Crippen LogP contribution >= 0.6 is 11.6 Å². The minimum absolute atomic E-state index is 0.00181. The summed E-state index contributed by atoms with van der Waals surface area (Å²) in [4.78, 5) is 31.3. The molecule has 3 heterocycles. The Morgan fingerprint density at radius 1 is 0.795 bits per heavy atom. The standard InChI is InChI=1S/C30H35ClF3N3O2/c31-26-20-24(8-9-25(26)28(38)36-14-4-5-15-36)35-16-10-21(11-17-35)22-12-18-37(19-13-22)29(39)27(30(32,33)34)23-6-2-1-3-7-23/h1-3,6-9,20-22,27H,4-5,10-19H2. The van der Waals surface area contributed by atoms with E-state index in [1.807, 2.05) is 23.1 Å². The first-order valence-corrected chi connectivity index (χ1v) is 14.3. The molecule has 0 radical (unpaired) electrons. The number of rotatable bonds is 5. The van der Waals surface area contributed by atoms with E-state index in [1.165, 1.54) is 29.2 Å². The third-order valence-corrected chi connectivity index (χ3v) is 9.02. The van der Waals surface area contributed by atoms with Gasteiger partial charge in [0.1, 0.15) is 0 Å². The van der Waals surface area contributed by atoms with Gasteiger partial charge in [0.05, 0.1) is 10.6 Å². The van der Waals surface area contributed by atoms with Crippen LogP contribution in [0, 0.1) is 11.8 Å². The van der Waals surface area contributed by atoms with E-state index < -0.39 is 18.0 Å². The summed E-state index contributed by atoms with van der Waals surface area (Å²) in [7, 11) is 0. The van der Waals surface area contributed by atoms with Crippen LogP contribution in [0.15, 0.2) is 48.5 Å². The molecule has 210 valence electrons. The topological polar surface area (TPSA) is 43.9 Å². The molecule has 2 amide bonds. The van der Waals surface area contributed by atoms with Crippen molar-refractivity contribution in [1.29, 1.82) is 0 Å². The summed E-state index contributed by atoms with van der Waals surface area (Å²) in [5.41, 5.74) is 1.56. The average Bonchev–Trinajstić information content (AvgIpc) is 3.48. The largest absolute Gasteiger partial charge is 0.404 e. The molecule has 3 fully saturated rings. The molecule has 0 bridgehead atoms. The number of hydrogen-bond donors (Lipinski definition) is 0. The van der Waals surface area contributed by atoms with Crippen LogP contribution in [-0.4, -0.2) is 67.1 Å². The smallest absolute Gasteiger partial charge is 0.371 e. The van der Waals surface area contributed by atoms with Crippen LogP contribution in [-0.2, 0) is 4.79 Å². The Hall–Kier alpha value is -2.74. The van der Waals surface area contributed by atoms with Gasteiger partial charge in [0.2, 0.25) is 5.91 Å². The van der Waals surface area contributed by atoms with Gasteiger partial charge in [-0.2, -0.15) is 13.2 Å². The summed E-state index contributed by atoms with van der Waals surface area (Å²) in [5, 5.41) is 0.483. The van der Waals surface area contributed by atoms with Gasteiger partial charge in [0.15, 0.2) is 5.92 Å². The minimum atomic E-state index is -4.62. The van der Waals surface area contributed by atoms with Gasteiger partial charge in [-0.05, 0) is 74.1 Å². The van der Waals surface area contributed by atoms with Crippen molar-refractivity contribution in [2.24, 2.45) is 11.8 Å². The number of benzene rings is 2. The van der Waals surface area contributed by atoms with Crippen molar-refractivity contribution in [3.63, 3.8) is 0 Å². The second kappa shape index (κ2) is 11.8. The molecule has 5 rings (SSSR count). The molecular weight excluding hydrogens is 527 g/mol. The lowest BCUT2D eigenvalue weighted by atomic mass is 9.78. The van der Waals surface area contributed by atoms with Gasteiger partial charge in [-0.25, -0.2) is 0 Å². The Balaban J connectivity index is 1.14. The highest BCUT2D eigenvalue weighted by molar-refractivity contribution is 6.34. The fourth-order valence-electron chi connectivity index (χ4n) is 6.48. The number of piperidine rings is 2. The van der Waals surface area contributed by atoms with E-state index in [-0.39, 0.29) is 11.5 Å². The van der Waals surface area contributed by atoms with Crippen LogP contribution < -0.4 is 4.90 Å². The van der Waals surface area contributed by atoms with E-state index in [2.05, 4.69) is 4.90 Å². The third kappa shape index (κ3) is 6.21. The number of carbonyl (C=O) groups excluding carboxylic acids is 2. The molecule has 2 aromatic carbocycles. The lowest BCUT2D eigenvalue weighted by Crippen LogP contribution is -2.46. The molecule has 9 heteroatoms. The van der Waals surface area contributed by atoms with E-state index in [0.29, 0.717) is 35.5 Å². The highest BCUT2D eigenvalue weighted by atomic mass is 35.5. The van der Waals surface area contributed by atoms with Crippen molar-refractivity contribution in [2.75, 3.05) is 44.2 Å². The van der Waals surface area contributed by atoms with Gasteiger partial charge in [-0.3, -0.25) is 9.59 Å². The lowest BCUT2D eigenvalue weighted by molar-refractivity contribution is -0.173. The van der Waals surface area contributed by atoms with Gasteiger partial charge < -0.3 is 14.7 Å². The normalized spacial score (nSPS) is 20.4. The average molecular weight is 562 g/mol. The van der Waals surface area contributed by atoms with Gasteiger partial charge in [0, 0.05) is 45.0 Å². The van der Waals surface area contributed by atoms with E-state index in [0.717, 1.165) is 70.4 Å². The van der Waals surface area contributed by atoms with Crippen LogP contribution in [0.2, 0.25) is 5.02 Å². The van der Waals surface area contributed by atoms with Crippen molar-refractivity contribution in [3.05, 3.63) is 64.7 Å². The Labute approximate surface area is 232 Å². The van der Waals surface area contributed by atoms with E-state index >= 15 is 0 Å². The van der Waals surface area contributed by atoms with Crippen LogP contribution in [0.25, 0.3) is 0 Å². The fourth-order valence-corrected chi connectivity index (χ4v) is 6.74. The summed E-state index contributed by atoms with van der Waals surface area (Å²) in [6.45, 7) is 4.03. The molecule has 3 aliphatic rings. The van der Waals surface area contributed by atoms with Crippen molar-refractivity contribution >= 4 is 29.1 Å². The minimum Gasteiger partial charge on any atom is -0.371 e. The predicted molar refractivity (Wildman–Crippen MR) is 146 cm³/mol. The first-order valence-electron chi connectivity index (χ1n) is 14.0. The van der Waals surface area contributed by atoms with Crippen LogP contribution in [0.3, 0.4) is 0 Å². The number of nitrogens with zero attached hydrogens (tertiary/aromatic N) is 3. The van der Waals surface area contributed by atoms with Crippen molar-refractivity contribution in [2.45, 2.75) is 50.6 Å². The summed E-state index contributed by atoms with van der Waals surface area (Å²) < 4.78 is 41.5. The molecule has 5 nitrogen and oxygen atoms in total. The number of alkyl halides is 3. The molecular formula is C30H35ClF3N3O2. The molecule has 1 unspecified atom stereocenters. The Morgan fingerprint density at radius 3 is 1.95 bits per heavy atom. The molecule has 1 atom stereocenters. The Kier molecular flexibility index (Phi) is 8.40. The zero-order valence-corrected chi connectivity index (χ0v) is 22.8. The third-order valence-electron chi connectivity index (χ3n) is 8.71. The van der Waals surface area contributed by atoms with E-state index in [1.54, 1.807) is 6.07 Å². The number of amides is 2. The SMILES string of the molecule is O=C(c1ccc(N2CCC(C3CCN(C(=O)C(c4ccccc4)C(F)(F)F)CC3)CC2)cc1Cl)N1CCCC1. The van der Waals surface area contributed by atoms with Crippen molar-refractivity contribution in [1.82, 2.24) is 9.80 Å². The number of likely N-dealkylation sites (tertiary alicyclic amines) is 2. The van der Waals surface area contributed by atoms with Crippen LogP contribution in [0.1, 0.15) is 60.4 Å². The zero-order chi connectivity index (χ0) is 27.6. The van der Waals surface area contributed by atoms with Crippen LogP contribution in [0.4, 0.5) is 18.9 Å². The number of halogens is 4. The molecule has 3 saturated heterocycles. The van der Waals surface area contributed by atoms with Gasteiger partial charge in [-0.15, -0.1) is 0 Å². The first kappa shape index (κ1) is 27.8. The molecule has 2 aromatic rings. The molecule has 39 heavy (non-hydrogen) atoms. The van der Waals surface area contributed by atoms with E-state index in [9.17, 15) is 22.8 Å². The van der Waals surface area contributed by atoms with Crippen molar-refractivity contribution < 1.29 is 22.8 Å². The zero-order valence-electron chi connectivity index (χ0n) is 22.0. The van der Waals surface area contributed by atoms with Crippen molar-refractivity contribution in [3.8, 4) is 0 Å². The molecule has 0 aliphatic carbocycles. The summed E-state index contributed by atoms with van der Waals surface area (Å²) in [6.07, 6.45) is 0.884. The van der Waals surface area contributed by atoms with Crippen LogP contribution in [0.5, 0.6) is 0 Å². The van der Waals surface area contributed by atoms with Gasteiger partial charge in [-0.1, -0.05) is 41.9 Å². The molecule has 0 spiro atoms. The highest BCUT2D eigenvalue weighted by Crippen LogP contribution is 2.39. The number of anilines is 1. The maximum absolute atomic E-state index is 13.8. The Bertz CT molecular complexity index is 1150. The highest BCUT2D eigenvalue weighted by Gasteiger charge is 2.48. The maximum Gasteiger partial charge on any atom is 0.404 e. The molecule has 0 saturated carbocycles. The summed E-state index contributed by atoms with van der Waals surface area (Å²) in [6, 6.07) is 13.2. The van der Waals surface area contributed by atoms with Gasteiger partial charge >= 0.3 is 6.18 Å². The summed E-state index contributed by atoms with van der Waals surface area (Å²) in [5.74, 6) is -2.07. The Morgan fingerprint density at radius 2 is 1.38 bits per heavy atom. The number of carbonyl (C=O) groups is 2. The molecule has 3 aliphatic heterocycles. The quantitative estimate of drug-likeness (QED) is 0.426. The first-order chi connectivity index (χ1) is 18.7. The second-order valence-electron chi connectivity index (χ2n) is 11.0. The lowest BCUT2D eigenvalue weighted by Gasteiger charge is -2.41. The fraction of sp³-hybridized carbons (Fsp3) is 0.533. The molecule has 0 N–H and O–H groups in total. The predicted octanol–water partition coefficient (Wildman–Crippen LogP) is 6.38. The maximum atomic E-state index is 13.8. The molecule has 0 aromatic heterocycles. The monoisotopic (exact) mass is 561 g/mol. The van der Waals surface area contributed by atoms with Gasteiger partial charge in [0.25, 0.3) is 5.91 Å².